The van der Waals surface area contributed by atoms with Crippen LogP contribution in [0.1, 0.15) is 79.4 Å². The molecule has 1 amide bonds. The summed E-state index contributed by atoms with van der Waals surface area (Å²) in [4.78, 5) is 20.7. The lowest BCUT2D eigenvalue weighted by atomic mass is 9.72. The molecule has 1 N–H and O–H groups in total. The largest absolute Gasteiger partial charge is 0.330 e. The maximum absolute atomic E-state index is 13.1. The molecule has 40 heavy (non-hydrogen) atoms. The molecule has 0 radical (unpaired) electrons. The van der Waals surface area contributed by atoms with Crippen molar-refractivity contribution in [3.05, 3.63) is 75.3 Å². The van der Waals surface area contributed by atoms with Gasteiger partial charge in [0.1, 0.15) is 0 Å². The van der Waals surface area contributed by atoms with Crippen LogP contribution in [-0.2, 0) is 13.1 Å². The van der Waals surface area contributed by atoms with Gasteiger partial charge in [-0.25, -0.2) is 0 Å². The van der Waals surface area contributed by atoms with Crippen molar-refractivity contribution in [1.82, 2.24) is 20.0 Å². The molecule has 2 aromatic carbocycles. The van der Waals surface area contributed by atoms with Crippen LogP contribution in [0.25, 0.3) is 5.57 Å². The number of piperazine rings is 1. The number of fused-ring (bicyclic) bond motifs is 3. The number of likely N-dealkylation sites (tertiary alicyclic amines) is 2. The van der Waals surface area contributed by atoms with Gasteiger partial charge in [0.25, 0.3) is 5.91 Å². The van der Waals surface area contributed by atoms with Crippen LogP contribution in [0.2, 0.25) is 5.02 Å². The predicted octanol–water partition coefficient (Wildman–Crippen LogP) is 5.97. The van der Waals surface area contributed by atoms with E-state index in [9.17, 15) is 4.79 Å². The van der Waals surface area contributed by atoms with E-state index in [1.165, 1.54) is 36.0 Å². The smallest absolute Gasteiger partial charge is 0.254 e. The third-order valence-electron chi connectivity index (χ3n) is 10.3. The van der Waals surface area contributed by atoms with Crippen molar-refractivity contribution in [2.75, 3.05) is 32.7 Å². The first-order valence-corrected chi connectivity index (χ1v) is 15.8. The van der Waals surface area contributed by atoms with Gasteiger partial charge in [-0.05, 0) is 90.9 Å². The van der Waals surface area contributed by atoms with Gasteiger partial charge >= 0.3 is 0 Å². The number of halogens is 1. The highest BCUT2D eigenvalue weighted by Gasteiger charge is 2.44. The molecule has 0 spiro atoms. The summed E-state index contributed by atoms with van der Waals surface area (Å²) >= 11 is 6.22. The molecule has 0 aromatic heterocycles. The van der Waals surface area contributed by atoms with Gasteiger partial charge in [0, 0.05) is 68.0 Å². The van der Waals surface area contributed by atoms with E-state index in [1.807, 2.05) is 12.1 Å². The topological polar surface area (TPSA) is 38.8 Å². The van der Waals surface area contributed by atoms with Crippen LogP contribution < -0.4 is 5.32 Å². The number of allylic oxidation sites excluding steroid dienone is 1. The van der Waals surface area contributed by atoms with E-state index >= 15 is 0 Å². The van der Waals surface area contributed by atoms with Crippen molar-refractivity contribution in [1.29, 1.82) is 0 Å². The fourth-order valence-corrected chi connectivity index (χ4v) is 8.18. The van der Waals surface area contributed by atoms with Crippen molar-refractivity contribution in [3.63, 3.8) is 0 Å². The minimum atomic E-state index is 0.226. The standard InChI is InChI=1S/C34H43ClN4O/c1-34(2)12-11-25(32(16-34)24-6-8-27(35)9-7-24)19-38-22-29-15-30(38)21-37(29)18-23-5-10-31-26(14-23)20-39(33(31)40)28-4-3-13-36-17-28/h5-10,14,28-30,36H,3-4,11-13,15-22H2,1-2H3/t28?,29-,30-/m0/s1. The van der Waals surface area contributed by atoms with Gasteiger partial charge in [-0.2, -0.15) is 0 Å². The third kappa shape index (κ3) is 5.15. The van der Waals surface area contributed by atoms with Crippen LogP contribution in [0.5, 0.6) is 0 Å². The van der Waals surface area contributed by atoms with Crippen LogP contribution in [0.15, 0.2) is 48.0 Å². The Hall–Kier alpha value is -2.18. The van der Waals surface area contributed by atoms with E-state index in [-0.39, 0.29) is 5.91 Å². The van der Waals surface area contributed by atoms with Crippen molar-refractivity contribution in [2.45, 2.75) is 83.6 Å². The van der Waals surface area contributed by atoms with E-state index < -0.39 is 0 Å². The maximum atomic E-state index is 13.1. The first kappa shape index (κ1) is 26.7. The Morgan fingerprint density at radius 1 is 1.00 bits per heavy atom. The molecule has 3 atom stereocenters. The third-order valence-corrected chi connectivity index (χ3v) is 10.6. The zero-order valence-electron chi connectivity index (χ0n) is 24.1. The number of amides is 1. The number of nitrogens with zero attached hydrogens (tertiary/aromatic N) is 3. The van der Waals surface area contributed by atoms with E-state index in [0.717, 1.165) is 75.7 Å². The number of carbonyl (C=O) groups excluding carboxylic acids is 1. The summed E-state index contributed by atoms with van der Waals surface area (Å²) < 4.78 is 0. The lowest BCUT2D eigenvalue weighted by Crippen LogP contribution is -2.46. The average Bonchev–Trinajstić information content (AvgIpc) is 3.63. The highest BCUT2D eigenvalue weighted by molar-refractivity contribution is 6.30. The molecule has 7 rings (SSSR count). The zero-order valence-corrected chi connectivity index (χ0v) is 24.8. The predicted molar refractivity (Wildman–Crippen MR) is 162 cm³/mol. The minimum absolute atomic E-state index is 0.226. The van der Waals surface area contributed by atoms with E-state index in [4.69, 9.17) is 11.6 Å². The average molecular weight is 559 g/mol. The van der Waals surface area contributed by atoms with Crippen molar-refractivity contribution in [2.24, 2.45) is 5.41 Å². The van der Waals surface area contributed by atoms with Gasteiger partial charge in [0.05, 0.1) is 0 Å². The number of hydrogen-bond donors (Lipinski definition) is 1. The minimum Gasteiger partial charge on any atom is -0.330 e. The molecule has 2 aromatic rings. The fourth-order valence-electron chi connectivity index (χ4n) is 8.05. The summed E-state index contributed by atoms with van der Waals surface area (Å²) in [5, 5.41) is 4.28. The molecular weight excluding hydrogens is 516 g/mol. The quantitative estimate of drug-likeness (QED) is 0.474. The molecule has 0 saturated carbocycles. The molecule has 4 heterocycles. The Kier molecular flexibility index (Phi) is 7.06. The van der Waals surface area contributed by atoms with Gasteiger partial charge in [0.2, 0.25) is 0 Å². The molecule has 212 valence electrons. The molecule has 1 unspecified atom stereocenters. The van der Waals surface area contributed by atoms with Gasteiger partial charge < -0.3 is 10.2 Å². The molecule has 5 aliphatic rings. The number of rotatable bonds is 6. The highest BCUT2D eigenvalue weighted by atomic mass is 35.5. The number of piperidine rings is 1. The van der Waals surface area contributed by atoms with Gasteiger partial charge in [-0.1, -0.05) is 55.3 Å². The Morgan fingerprint density at radius 2 is 1.77 bits per heavy atom. The number of carbonyl (C=O) groups is 1. The molecule has 1 aliphatic carbocycles. The van der Waals surface area contributed by atoms with Crippen LogP contribution in [0.4, 0.5) is 0 Å². The molecule has 6 heteroatoms. The zero-order chi connectivity index (χ0) is 27.4. The Bertz CT molecular complexity index is 1310. The number of hydrogen-bond acceptors (Lipinski definition) is 4. The highest BCUT2D eigenvalue weighted by Crippen LogP contribution is 2.44. The van der Waals surface area contributed by atoms with E-state index in [1.54, 1.807) is 11.1 Å². The van der Waals surface area contributed by atoms with Crippen LogP contribution in [0.3, 0.4) is 0 Å². The maximum Gasteiger partial charge on any atom is 0.254 e. The number of nitrogens with one attached hydrogen (secondary N) is 1. The van der Waals surface area contributed by atoms with Crippen molar-refractivity contribution in [3.8, 4) is 0 Å². The molecular formula is C34H43ClN4O. The van der Waals surface area contributed by atoms with Gasteiger partial charge in [-0.15, -0.1) is 0 Å². The Morgan fingerprint density at radius 3 is 2.50 bits per heavy atom. The second-order valence-corrected chi connectivity index (χ2v) is 14.2. The van der Waals surface area contributed by atoms with Crippen molar-refractivity contribution >= 4 is 23.1 Å². The fraction of sp³-hybridized carbons (Fsp3) is 0.559. The SMILES string of the molecule is CC1(C)CCC(CN2C[C@@H]3C[C@H]2CN3Cc2ccc3c(c2)CN(C2CCCNC2)C3=O)=C(c2ccc(Cl)cc2)C1. The second-order valence-electron chi connectivity index (χ2n) is 13.8. The van der Waals surface area contributed by atoms with Gasteiger partial charge in [0.15, 0.2) is 0 Å². The van der Waals surface area contributed by atoms with Crippen LogP contribution in [0, 0.1) is 5.41 Å². The number of benzene rings is 2. The normalized spacial score (nSPS) is 28.5. The summed E-state index contributed by atoms with van der Waals surface area (Å²) in [5.74, 6) is 0.226. The monoisotopic (exact) mass is 558 g/mol. The molecule has 3 fully saturated rings. The summed E-state index contributed by atoms with van der Waals surface area (Å²) in [6.07, 6.45) is 7.16. The van der Waals surface area contributed by atoms with E-state index in [0.29, 0.717) is 23.5 Å². The van der Waals surface area contributed by atoms with Crippen LogP contribution in [-0.4, -0.2) is 71.5 Å². The van der Waals surface area contributed by atoms with Gasteiger partial charge in [-0.3, -0.25) is 14.6 Å². The molecule has 4 aliphatic heterocycles. The first-order chi connectivity index (χ1) is 19.3. The Labute approximate surface area is 244 Å². The summed E-state index contributed by atoms with van der Waals surface area (Å²) in [6.45, 7) is 12.0. The van der Waals surface area contributed by atoms with E-state index in [2.05, 4.69) is 64.2 Å². The lowest BCUT2D eigenvalue weighted by Gasteiger charge is -2.38. The second kappa shape index (κ2) is 10.6. The summed E-state index contributed by atoms with van der Waals surface area (Å²) in [5.41, 5.74) is 8.40. The molecule has 3 saturated heterocycles. The van der Waals surface area contributed by atoms with Crippen LogP contribution >= 0.6 is 11.6 Å². The summed E-state index contributed by atoms with van der Waals surface area (Å²) in [6, 6.07) is 16.7. The van der Waals surface area contributed by atoms with Crippen molar-refractivity contribution < 1.29 is 4.79 Å². The Balaban J connectivity index is 1.01. The first-order valence-electron chi connectivity index (χ1n) is 15.4. The molecule has 2 bridgehead atoms. The molecule has 5 nitrogen and oxygen atoms in total. The summed E-state index contributed by atoms with van der Waals surface area (Å²) in [7, 11) is 0. The lowest BCUT2D eigenvalue weighted by molar-refractivity contribution is 0.0674.